The lowest BCUT2D eigenvalue weighted by molar-refractivity contribution is -0.171. The van der Waals surface area contributed by atoms with Gasteiger partial charge in [0.1, 0.15) is 12.4 Å². The minimum atomic E-state index is -0.717. The smallest absolute Gasteiger partial charge is 0.254 e. The number of benzene rings is 1. The summed E-state index contributed by atoms with van der Waals surface area (Å²) in [6.45, 7) is 0.463. The predicted octanol–water partition coefficient (Wildman–Crippen LogP) is 1.76. The van der Waals surface area contributed by atoms with Crippen LogP contribution < -0.4 is 4.74 Å². The van der Waals surface area contributed by atoms with Gasteiger partial charge in [-0.05, 0) is 43.4 Å². The van der Waals surface area contributed by atoms with Crippen molar-refractivity contribution < 1.29 is 23.8 Å². The van der Waals surface area contributed by atoms with Crippen molar-refractivity contribution in [2.75, 3.05) is 34.5 Å². The first-order valence-electron chi connectivity index (χ1n) is 9.84. The molecule has 7 heteroatoms. The summed E-state index contributed by atoms with van der Waals surface area (Å²) in [7, 11) is 5.09. The van der Waals surface area contributed by atoms with Gasteiger partial charge < -0.3 is 24.0 Å². The van der Waals surface area contributed by atoms with E-state index >= 15 is 0 Å². The van der Waals surface area contributed by atoms with Crippen LogP contribution in [0.3, 0.4) is 0 Å². The molecule has 1 saturated heterocycles. The second-order valence-electron chi connectivity index (χ2n) is 8.04. The summed E-state index contributed by atoms with van der Waals surface area (Å²) in [5, 5.41) is 0. The summed E-state index contributed by atoms with van der Waals surface area (Å²) in [6, 6.07) is 7.33. The van der Waals surface area contributed by atoms with E-state index in [2.05, 4.69) is 0 Å². The molecule has 3 fully saturated rings. The van der Waals surface area contributed by atoms with Crippen molar-refractivity contribution in [1.29, 1.82) is 0 Å². The van der Waals surface area contributed by atoms with Crippen LogP contribution in [0.5, 0.6) is 5.75 Å². The molecule has 1 aromatic carbocycles. The van der Waals surface area contributed by atoms with Crippen molar-refractivity contribution in [2.24, 2.45) is 0 Å². The zero-order chi connectivity index (χ0) is 19.9. The van der Waals surface area contributed by atoms with E-state index in [1.165, 1.54) is 0 Å². The van der Waals surface area contributed by atoms with Gasteiger partial charge in [0, 0.05) is 20.2 Å². The second kappa shape index (κ2) is 7.37. The molecule has 4 rings (SSSR count). The SMILES string of the molecule is COCC1(N(C)C(=O)C2OCC(=O)N(C3CC3)C2c2ccc(OC)cc2)CC1. The zero-order valence-electron chi connectivity index (χ0n) is 16.7. The van der Waals surface area contributed by atoms with E-state index < -0.39 is 12.1 Å². The van der Waals surface area contributed by atoms with E-state index in [-0.39, 0.29) is 30.0 Å². The van der Waals surface area contributed by atoms with Gasteiger partial charge in [0.2, 0.25) is 5.91 Å². The van der Waals surface area contributed by atoms with Crippen LogP contribution in [-0.2, 0) is 19.1 Å². The van der Waals surface area contributed by atoms with Crippen molar-refractivity contribution in [1.82, 2.24) is 9.80 Å². The molecule has 28 heavy (non-hydrogen) atoms. The molecule has 0 radical (unpaired) electrons. The maximum atomic E-state index is 13.4. The first-order valence-corrected chi connectivity index (χ1v) is 9.84. The number of ether oxygens (including phenoxy) is 3. The highest BCUT2D eigenvalue weighted by Crippen LogP contribution is 2.44. The number of hydrogen-bond donors (Lipinski definition) is 0. The highest BCUT2D eigenvalue weighted by Gasteiger charge is 2.53. The Morgan fingerprint density at radius 2 is 1.93 bits per heavy atom. The first-order chi connectivity index (χ1) is 13.5. The van der Waals surface area contributed by atoms with Gasteiger partial charge in [-0.1, -0.05) is 12.1 Å². The molecular formula is C21H28N2O5. The van der Waals surface area contributed by atoms with Gasteiger partial charge in [0.05, 0.1) is 25.3 Å². The minimum Gasteiger partial charge on any atom is -0.497 e. The standard InChI is InChI=1S/C21H28N2O5/c1-22(21(10-11-21)13-26-2)20(25)19-18(14-4-8-16(27-3)9-5-14)23(15-6-7-15)17(24)12-28-19/h4-5,8-9,15,18-19H,6-7,10-13H2,1-3H3. The molecule has 2 unspecified atom stereocenters. The number of nitrogens with zero attached hydrogens (tertiary/aromatic N) is 2. The molecule has 3 aliphatic rings. The average Bonchev–Trinajstić information content (AvgIpc) is 3.62. The summed E-state index contributed by atoms with van der Waals surface area (Å²) < 4.78 is 16.4. The maximum Gasteiger partial charge on any atom is 0.254 e. The van der Waals surface area contributed by atoms with Crippen LogP contribution in [0.4, 0.5) is 0 Å². The van der Waals surface area contributed by atoms with Crippen molar-refractivity contribution in [3.63, 3.8) is 0 Å². The molecule has 152 valence electrons. The minimum absolute atomic E-state index is 0.0481. The van der Waals surface area contributed by atoms with Crippen molar-refractivity contribution in [2.45, 2.75) is 49.4 Å². The molecule has 0 bridgehead atoms. The third kappa shape index (κ3) is 3.37. The number of carbonyl (C=O) groups is 2. The lowest BCUT2D eigenvalue weighted by Gasteiger charge is -2.43. The van der Waals surface area contributed by atoms with E-state index in [4.69, 9.17) is 14.2 Å². The number of rotatable bonds is 7. The summed E-state index contributed by atoms with van der Waals surface area (Å²) >= 11 is 0. The number of methoxy groups -OCH3 is 2. The Labute approximate surface area is 165 Å². The fourth-order valence-corrected chi connectivity index (χ4v) is 4.17. The average molecular weight is 388 g/mol. The molecule has 2 amide bonds. The Kier molecular flexibility index (Phi) is 5.05. The van der Waals surface area contributed by atoms with Gasteiger partial charge in [-0.15, -0.1) is 0 Å². The van der Waals surface area contributed by atoms with Crippen LogP contribution in [0.1, 0.15) is 37.3 Å². The molecule has 2 aliphatic carbocycles. The fourth-order valence-electron chi connectivity index (χ4n) is 4.17. The number of hydrogen-bond acceptors (Lipinski definition) is 5. The lowest BCUT2D eigenvalue weighted by atomic mass is 9.95. The molecule has 0 N–H and O–H groups in total. The molecule has 1 aromatic rings. The van der Waals surface area contributed by atoms with Crippen LogP contribution in [0.25, 0.3) is 0 Å². The highest BCUT2D eigenvalue weighted by molar-refractivity contribution is 5.87. The number of morpholine rings is 1. The summed E-state index contributed by atoms with van der Waals surface area (Å²) in [5.74, 6) is 0.600. The third-order valence-corrected chi connectivity index (χ3v) is 6.18. The third-order valence-electron chi connectivity index (χ3n) is 6.18. The summed E-state index contributed by atoms with van der Waals surface area (Å²) in [6.07, 6.45) is 3.08. The Morgan fingerprint density at radius 1 is 1.25 bits per heavy atom. The summed E-state index contributed by atoms with van der Waals surface area (Å²) in [4.78, 5) is 29.8. The van der Waals surface area contributed by atoms with E-state index in [1.807, 2.05) is 36.2 Å². The second-order valence-corrected chi connectivity index (χ2v) is 8.04. The van der Waals surface area contributed by atoms with Gasteiger partial charge in [0.25, 0.3) is 5.91 Å². The number of amides is 2. The lowest BCUT2D eigenvalue weighted by Crippen LogP contribution is -2.57. The van der Waals surface area contributed by atoms with E-state index in [0.29, 0.717) is 6.61 Å². The molecule has 7 nitrogen and oxygen atoms in total. The van der Waals surface area contributed by atoms with Gasteiger partial charge in [-0.3, -0.25) is 9.59 Å². The van der Waals surface area contributed by atoms with E-state index in [1.54, 1.807) is 19.1 Å². The van der Waals surface area contributed by atoms with Gasteiger partial charge >= 0.3 is 0 Å². The van der Waals surface area contributed by atoms with E-state index in [0.717, 1.165) is 37.0 Å². The van der Waals surface area contributed by atoms with Crippen molar-refractivity contribution in [3.05, 3.63) is 29.8 Å². The van der Waals surface area contributed by atoms with Crippen LogP contribution in [-0.4, -0.2) is 73.8 Å². The number of likely N-dealkylation sites (N-methyl/N-ethyl adjacent to an activating group) is 1. The number of carbonyl (C=O) groups excluding carboxylic acids is 2. The highest BCUT2D eigenvalue weighted by atomic mass is 16.5. The Hall–Kier alpha value is -2.12. The van der Waals surface area contributed by atoms with E-state index in [9.17, 15) is 9.59 Å². The largest absolute Gasteiger partial charge is 0.497 e. The topological polar surface area (TPSA) is 68.3 Å². The van der Waals surface area contributed by atoms with Crippen LogP contribution in [0.2, 0.25) is 0 Å². The Balaban J connectivity index is 1.65. The molecule has 2 atom stereocenters. The van der Waals surface area contributed by atoms with Crippen molar-refractivity contribution in [3.8, 4) is 5.75 Å². The first kappa shape index (κ1) is 19.2. The fraction of sp³-hybridized carbons (Fsp3) is 0.619. The maximum absolute atomic E-state index is 13.4. The molecule has 0 spiro atoms. The monoisotopic (exact) mass is 388 g/mol. The zero-order valence-corrected chi connectivity index (χ0v) is 16.7. The van der Waals surface area contributed by atoms with Crippen LogP contribution in [0.15, 0.2) is 24.3 Å². The summed E-state index contributed by atoms with van der Waals surface area (Å²) in [5.41, 5.74) is 0.648. The molecule has 0 aromatic heterocycles. The van der Waals surface area contributed by atoms with Gasteiger partial charge in [0.15, 0.2) is 6.10 Å². The molecular weight excluding hydrogens is 360 g/mol. The quantitative estimate of drug-likeness (QED) is 0.712. The van der Waals surface area contributed by atoms with Gasteiger partial charge in [-0.25, -0.2) is 0 Å². The van der Waals surface area contributed by atoms with Gasteiger partial charge in [-0.2, -0.15) is 0 Å². The molecule has 1 heterocycles. The van der Waals surface area contributed by atoms with Crippen LogP contribution in [0, 0.1) is 0 Å². The predicted molar refractivity (Wildman–Crippen MR) is 102 cm³/mol. The van der Waals surface area contributed by atoms with Crippen molar-refractivity contribution >= 4 is 11.8 Å². The molecule has 1 aliphatic heterocycles. The Bertz CT molecular complexity index is 742. The normalized spacial score (nSPS) is 26.1. The molecule has 2 saturated carbocycles. The Morgan fingerprint density at radius 3 is 2.46 bits per heavy atom. The van der Waals surface area contributed by atoms with Crippen LogP contribution >= 0.6 is 0 Å².